The molecule has 0 aliphatic rings. The molecule has 1 amide bonds. The van der Waals surface area contributed by atoms with Crippen LogP contribution in [0.15, 0.2) is 106 Å². The van der Waals surface area contributed by atoms with Gasteiger partial charge in [-0.1, -0.05) is 64.5 Å². The van der Waals surface area contributed by atoms with E-state index in [9.17, 15) is 4.79 Å². The number of hydrogen-bond acceptors (Lipinski definition) is 4. The summed E-state index contributed by atoms with van der Waals surface area (Å²) < 4.78 is 3.09. The molecule has 0 spiro atoms. The average Bonchev–Trinajstić information content (AvgIpc) is 3.48. The van der Waals surface area contributed by atoms with Crippen molar-refractivity contribution < 1.29 is 4.79 Å². The van der Waals surface area contributed by atoms with Crippen LogP contribution >= 0.6 is 27.3 Å². The third-order valence-electron chi connectivity index (χ3n) is 4.94. The molecule has 0 saturated heterocycles. The fourth-order valence-corrected chi connectivity index (χ4v) is 4.55. The minimum atomic E-state index is -0.298. The monoisotopic (exact) mass is 515 g/mol. The molecule has 0 bridgehead atoms. The van der Waals surface area contributed by atoms with E-state index in [2.05, 4.69) is 53.3 Å². The van der Waals surface area contributed by atoms with E-state index in [1.807, 2.05) is 72.8 Å². The molecule has 33 heavy (non-hydrogen) atoms. The van der Waals surface area contributed by atoms with E-state index in [-0.39, 0.29) is 5.91 Å². The smallest absolute Gasteiger partial charge is 0.276 e. The maximum atomic E-state index is 12.8. The van der Waals surface area contributed by atoms with Crippen molar-refractivity contribution in [3.05, 3.63) is 112 Å². The molecular weight excluding hydrogens is 498 g/mol. The number of H-pyrrole nitrogens is 1. The van der Waals surface area contributed by atoms with Gasteiger partial charge in [0.15, 0.2) is 16.3 Å². The van der Waals surface area contributed by atoms with Crippen molar-refractivity contribution >= 4 is 44.7 Å². The predicted molar refractivity (Wildman–Crippen MR) is 135 cm³/mol. The molecule has 2 N–H and O–H groups in total. The molecule has 8 heteroatoms. The lowest BCUT2D eigenvalue weighted by atomic mass is 10.1. The number of rotatable bonds is 5. The zero-order valence-electron chi connectivity index (χ0n) is 17.3. The number of carbonyl (C=O) groups is 1. The molecule has 0 aliphatic heterocycles. The summed E-state index contributed by atoms with van der Waals surface area (Å²) in [6.45, 7) is 0. The predicted octanol–water partition coefficient (Wildman–Crippen LogP) is 6.18. The maximum Gasteiger partial charge on any atom is 0.276 e. The highest BCUT2D eigenvalue weighted by atomic mass is 79.9. The lowest BCUT2D eigenvalue weighted by Gasteiger charge is -2.09. The van der Waals surface area contributed by atoms with Crippen molar-refractivity contribution in [2.45, 2.75) is 0 Å². The molecule has 0 radical (unpaired) electrons. The van der Waals surface area contributed by atoms with Crippen LogP contribution in [-0.4, -0.2) is 20.4 Å². The molecule has 3 aromatic carbocycles. The number of nitrogens with one attached hydrogen (secondary N) is 2. The van der Waals surface area contributed by atoms with Gasteiger partial charge in [0, 0.05) is 21.2 Å². The molecule has 0 unspecified atom stereocenters. The first-order chi connectivity index (χ1) is 16.2. The van der Waals surface area contributed by atoms with Crippen LogP contribution in [0.1, 0.15) is 10.5 Å². The lowest BCUT2D eigenvalue weighted by Crippen LogP contribution is -2.15. The number of aromatic amines is 1. The van der Waals surface area contributed by atoms with Gasteiger partial charge in [-0.2, -0.15) is 4.99 Å². The van der Waals surface area contributed by atoms with Gasteiger partial charge in [0.05, 0.1) is 12.0 Å². The van der Waals surface area contributed by atoms with Crippen LogP contribution < -0.4 is 10.1 Å². The van der Waals surface area contributed by atoms with E-state index in [1.165, 1.54) is 17.7 Å². The second-order valence-corrected chi connectivity index (χ2v) is 8.87. The molecule has 0 fully saturated rings. The molecule has 0 aliphatic carbocycles. The number of nitrogens with zero attached hydrogens (tertiary/aromatic N) is 3. The number of aromatic nitrogens is 3. The Morgan fingerprint density at radius 3 is 2.39 bits per heavy atom. The van der Waals surface area contributed by atoms with Crippen LogP contribution in [0.25, 0.3) is 16.9 Å². The summed E-state index contributed by atoms with van der Waals surface area (Å²) in [6, 6.07) is 27.5. The standard InChI is InChI=1S/C25H18BrN5OS/c26-18-13-11-17(12-14-18)21-15-33-25(31(21)20-9-5-2-6-10-20)30-23-22(27-16-28-23)24(32)29-19-7-3-1-4-8-19/h1-16H,(H,27,28)(H,29,32). The van der Waals surface area contributed by atoms with Crippen LogP contribution in [0, 0.1) is 0 Å². The maximum absolute atomic E-state index is 12.8. The van der Waals surface area contributed by atoms with Crippen LogP contribution in [-0.2, 0) is 0 Å². The molecule has 6 nitrogen and oxygen atoms in total. The quantitative estimate of drug-likeness (QED) is 0.293. The summed E-state index contributed by atoms with van der Waals surface area (Å²) in [4.78, 5) is 25.6. The van der Waals surface area contributed by atoms with Crippen LogP contribution in [0.2, 0.25) is 0 Å². The number of hydrogen-bond donors (Lipinski definition) is 2. The second kappa shape index (κ2) is 9.40. The second-order valence-electron chi connectivity index (χ2n) is 7.11. The van der Waals surface area contributed by atoms with Gasteiger partial charge in [-0.25, -0.2) is 4.98 Å². The Balaban J connectivity index is 1.59. The van der Waals surface area contributed by atoms with Crippen molar-refractivity contribution in [3.63, 3.8) is 0 Å². The van der Waals surface area contributed by atoms with Crippen molar-refractivity contribution in [2.24, 2.45) is 4.99 Å². The van der Waals surface area contributed by atoms with Gasteiger partial charge in [0.2, 0.25) is 0 Å². The fourth-order valence-electron chi connectivity index (χ4n) is 3.38. The van der Waals surface area contributed by atoms with Gasteiger partial charge >= 0.3 is 0 Å². The van der Waals surface area contributed by atoms with E-state index in [0.717, 1.165) is 21.4 Å². The zero-order valence-corrected chi connectivity index (χ0v) is 19.7. The Morgan fingerprint density at radius 2 is 1.67 bits per heavy atom. The molecule has 162 valence electrons. The van der Waals surface area contributed by atoms with E-state index in [0.29, 0.717) is 22.0 Å². The summed E-state index contributed by atoms with van der Waals surface area (Å²) in [6.07, 6.45) is 1.48. The van der Waals surface area contributed by atoms with Gasteiger partial charge in [-0.15, -0.1) is 11.3 Å². The largest absolute Gasteiger partial charge is 0.339 e. The SMILES string of the molecule is O=C(Nc1ccccc1)c1[nH]cnc1N=c1scc(-c2ccc(Br)cc2)n1-c1ccccc1. The van der Waals surface area contributed by atoms with E-state index in [1.54, 1.807) is 0 Å². The Labute approximate surface area is 202 Å². The number of halogens is 1. The van der Waals surface area contributed by atoms with E-state index < -0.39 is 0 Å². The summed E-state index contributed by atoms with van der Waals surface area (Å²) in [7, 11) is 0. The highest BCUT2D eigenvalue weighted by Crippen LogP contribution is 2.26. The van der Waals surface area contributed by atoms with Gasteiger partial charge in [0.25, 0.3) is 5.91 Å². The van der Waals surface area contributed by atoms with Crippen molar-refractivity contribution in [1.29, 1.82) is 0 Å². The van der Waals surface area contributed by atoms with E-state index >= 15 is 0 Å². The summed E-state index contributed by atoms with van der Waals surface area (Å²) in [5.41, 5.74) is 4.04. The normalized spacial score (nSPS) is 11.5. The summed E-state index contributed by atoms with van der Waals surface area (Å²) >= 11 is 4.99. The molecule has 0 saturated carbocycles. The third kappa shape index (κ3) is 4.57. The minimum Gasteiger partial charge on any atom is -0.339 e. The minimum absolute atomic E-state index is 0.298. The Morgan fingerprint density at radius 1 is 0.970 bits per heavy atom. The topological polar surface area (TPSA) is 75.1 Å². The molecule has 2 aromatic heterocycles. The number of para-hydroxylation sites is 2. The first kappa shape index (κ1) is 21.1. The van der Waals surface area contributed by atoms with Gasteiger partial charge in [-0.05, 0) is 42.0 Å². The summed E-state index contributed by atoms with van der Waals surface area (Å²) in [5, 5.41) is 4.94. The number of benzene rings is 3. The number of thiazole rings is 1. The van der Waals surface area contributed by atoms with Crippen LogP contribution in [0.5, 0.6) is 0 Å². The molecular formula is C25H18BrN5OS. The van der Waals surface area contributed by atoms with Crippen LogP contribution in [0.4, 0.5) is 11.5 Å². The highest BCUT2D eigenvalue weighted by molar-refractivity contribution is 9.10. The zero-order chi connectivity index (χ0) is 22.6. The number of amides is 1. The van der Waals surface area contributed by atoms with Crippen molar-refractivity contribution in [3.8, 4) is 16.9 Å². The molecule has 5 aromatic rings. The number of carbonyl (C=O) groups excluding carboxylic acids is 1. The molecule has 0 atom stereocenters. The first-order valence-corrected chi connectivity index (χ1v) is 11.8. The summed E-state index contributed by atoms with van der Waals surface area (Å²) in [5.74, 6) is 0.0331. The van der Waals surface area contributed by atoms with Crippen molar-refractivity contribution in [1.82, 2.24) is 14.5 Å². The average molecular weight is 516 g/mol. The van der Waals surface area contributed by atoms with Crippen LogP contribution in [0.3, 0.4) is 0 Å². The van der Waals surface area contributed by atoms with Gasteiger partial charge in [-0.3, -0.25) is 9.36 Å². The Bertz CT molecular complexity index is 1450. The fraction of sp³-hybridized carbons (Fsp3) is 0. The van der Waals surface area contributed by atoms with Gasteiger partial charge < -0.3 is 10.3 Å². The first-order valence-electron chi connectivity index (χ1n) is 10.2. The Hall–Kier alpha value is -3.75. The molecule has 5 rings (SSSR count). The molecule has 2 heterocycles. The third-order valence-corrected chi connectivity index (χ3v) is 6.30. The highest BCUT2D eigenvalue weighted by Gasteiger charge is 2.16. The number of imidazole rings is 1. The lowest BCUT2D eigenvalue weighted by molar-refractivity contribution is 0.102. The van der Waals surface area contributed by atoms with Gasteiger partial charge in [0.1, 0.15) is 0 Å². The Kier molecular flexibility index (Phi) is 6.01. The van der Waals surface area contributed by atoms with Crippen molar-refractivity contribution in [2.75, 3.05) is 5.32 Å². The van der Waals surface area contributed by atoms with E-state index in [4.69, 9.17) is 4.99 Å². The number of anilines is 1.